The van der Waals surface area contributed by atoms with Crippen LogP contribution < -0.4 is 0 Å². The van der Waals surface area contributed by atoms with Gasteiger partial charge in [-0.25, -0.2) is 9.97 Å². The number of rotatable bonds is 4. The van der Waals surface area contributed by atoms with Gasteiger partial charge in [0.1, 0.15) is 6.07 Å². The number of nitrogens with zero attached hydrogens (tertiary/aromatic N) is 5. The van der Waals surface area contributed by atoms with Gasteiger partial charge in [-0.3, -0.25) is 0 Å². The Morgan fingerprint density at radius 3 is 1.84 bits per heavy atom. The standard InChI is InChI=1S/C45H27N5/c46-28-39-35-14-4-7-17-38(35)47-45(48-39)29-21-24-32(25-22-29)50-41-19-9-6-15-36(41)44-33(16-10-20-43(44)50)30-23-26-42-37(27-30)34-13-5-8-18-40(34)49(42)31-11-2-1-3-12-31/h1-27H. The highest BCUT2D eigenvalue weighted by atomic mass is 15.0. The van der Waals surface area contributed by atoms with Crippen molar-refractivity contribution in [3.05, 3.63) is 169 Å². The molecule has 0 saturated heterocycles. The number of para-hydroxylation sites is 4. The van der Waals surface area contributed by atoms with Gasteiger partial charge in [-0.15, -0.1) is 0 Å². The maximum Gasteiger partial charge on any atom is 0.161 e. The summed E-state index contributed by atoms with van der Waals surface area (Å²) in [5.74, 6) is 0.542. The predicted molar refractivity (Wildman–Crippen MR) is 204 cm³/mol. The molecule has 5 heteroatoms. The van der Waals surface area contributed by atoms with Crippen molar-refractivity contribution >= 4 is 54.5 Å². The maximum absolute atomic E-state index is 9.78. The first-order chi connectivity index (χ1) is 24.8. The van der Waals surface area contributed by atoms with Gasteiger partial charge >= 0.3 is 0 Å². The Kier molecular flexibility index (Phi) is 6.17. The summed E-state index contributed by atoms with van der Waals surface area (Å²) in [4.78, 5) is 9.39. The largest absolute Gasteiger partial charge is 0.309 e. The molecule has 50 heavy (non-hydrogen) atoms. The van der Waals surface area contributed by atoms with Gasteiger partial charge < -0.3 is 9.13 Å². The summed E-state index contributed by atoms with van der Waals surface area (Å²) < 4.78 is 4.69. The van der Waals surface area contributed by atoms with E-state index in [9.17, 15) is 5.26 Å². The van der Waals surface area contributed by atoms with Crippen LogP contribution in [0.25, 0.3) is 88.4 Å². The molecule has 0 amide bonds. The average molecular weight is 638 g/mol. The molecule has 0 aliphatic carbocycles. The molecule has 5 nitrogen and oxygen atoms in total. The molecule has 0 radical (unpaired) electrons. The van der Waals surface area contributed by atoms with Crippen molar-refractivity contribution in [1.29, 1.82) is 5.26 Å². The molecule has 0 unspecified atom stereocenters. The van der Waals surface area contributed by atoms with Gasteiger partial charge in [-0.1, -0.05) is 84.9 Å². The van der Waals surface area contributed by atoms with Gasteiger partial charge in [0.05, 0.1) is 27.6 Å². The van der Waals surface area contributed by atoms with Crippen LogP contribution in [-0.4, -0.2) is 19.1 Å². The van der Waals surface area contributed by atoms with E-state index in [2.05, 4.69) is 148 Å². The Morgan fingerprint density at radius 2 is 1.04 bits per heavy atom. The maximum atomic E-state index is 9.78. The van der Waals surface area contributed by atoms with E-state index in [0.29, 0.717) is 11.5 Å². The predicted octanol–water partition coefficient (Wildman–Crippen LogP) is 11.0. The van der Waals surface area contributed by atoms with Crippen LogP contribution in [0, 0.1) is 11.3 Å². The molecule has 10 rings (SSSR count). The van der Waals surface area contributed by atoms with E-state index in [1.54, 1.807) is 0 Å². The van der Waals surface area contributed by atoms with Crippen LogP contribution >= 0.6 is 0 Å². The molecule has 0 aliphatic rings. The van der Waals surface area contributed by atoms with Crippen LogP contribution in [-0.2, 0) is 0 Å². The molecule has 3 aromatic heterocycles. The second-order valence-electron chi connectivity index (χ2n) is 12.5. The molecule has 0 bridgehead atoms. The lowest BCUT2D eigenvalue weighted by atomic mass is 9.98. The third kappa shape index (κ3) is 4.19. The van der Waals surface area contributed by atoms with E-state index in [4.69, 9.17) is 4.98 Å². The molecule has 10 aromatic rings. The first-order valence-corrected chi connectivity index (χ1v) is 16.7. The van der Waals surface area contributed by atoms with Crippen molar-refractivity contribution in [3.63, 3.8) is 0 Å². The fourth-order valence-electron chi connectivity index (χ4n) is 7.58. The van der Waals surface area contributed by atoms with Crippen LogP contribution in [0.2, 0.25) is 0 Å². The number of aromatic nitrogens is 4. The zero-order valence-electron chi connectivity index (χ0n) is 26.8. The Balaban J connectivity index is 1.14. The highest BCUT2D eigenvalue weighted by Crippen LogP contribution is 2.41. The minimum atomic E-state index is 0.382. The quantitative estimate of drug-likeness (QED) is 0.193. The Bertz CT molecular complexity index is 2980. The second kappa shape index (κ2) is 11.0. The summed E-state index contributed by atoms with van der Waals surface area (Å²) in [6, 6.07) is 59.6. The van der Waals surface area contributed by atoms with Crippen LogP contribution in [0.4, 0.5) is 0 Å². The average Bonchev–Trinajstić information content (AvgIpc) is 3.70. The van der Waals surface area contributed by atoms with Crippen molar-refractivity contribution in [2.24, 2.45) is 0 Å². The zero-order chi connectivity index (χ0) is 33.2. The first-order valence-electron chi connectivity index (χ1n) is 16.7. The third-order valence-corrected chi connectivity index (χ3v) is 9.79. The summed E-state index contributed by atoms with van der Waals surface area (Å²) in [6.45, 7) is 0. The number of benzene rings is 7. The SMILES string of the molecule is N#Cc1nc(-c2ccc(-n3c4ccccc4c4c(-c5ccc6c(c5)c5ccccc5n6-c5ccccc5)cccc43)cc2)nc2ccccc12. The molecule has 0 aliphatic heterocycles. The third-order valence-electron chi connectivity index (χ3n) is 9.79. The van der Waals surface area contributed by atoms with Crippen molar-refractivity contribution in [2.75, 3.05) is 0 Å². The van der Waals surface area contributed by atoms with Crippen molar-refractivity contribution < 1.29 is 0 Å². The fraction of sp³-hybridized carbons (Fsp3) is 0. The highest BCUT2D eigenvalue weighted by Gasteiger charge is 2.18. The number of nitriles is 1. The molecule has 0 spiro atoms. The fourth-order valence-corrected chi connectivity index (χ4v) is 7.58. The van der Waals surface area contributed by atoms with E-state index < -0.39 is 0 Å². The topological polar surface area (TPSA) is 59.4 Å². The van der Waals surface area contributed by atoms with Crippen LogP contribution in [0.3, 0.4) is 0 Å². The van der Waals surface area contributed by atoms with Crippen molar-refractivity contribution in [3.8, 4) is 40.0 Å². The molecular formula is C45H27N5. The van der Waals surface area contributed by atoms with Gasteiger partial charge in [0.15, 0.2) is 11.5 Å². The lowest BCUT2D eigenvalue weighted by Gasteiger charge is -2.11. The molecule has 0 atom stereocenters. The van der Waals surface area contributed by atoms with Gasteiger partial charge in [-0.05, 0) is 90.0 Å². The Hall–Kier alpha value is -7.03. The molecule has 0 saturated carbocycles. The lowest BCUT2D eigenvalue weighted by Crippen LogP contribution is -1.97. The number of hydrogen-bond acceptors (Lipinski definition) is 3. The molecule has 3 heterocycles. The number of hydrogen-bond donors (Lipinski definition) is 0. The minimum absolute atomic E-state index is 0.382. The smallest absolute Gasteiger partial charge is 0.161 e. The van der Waals surface area contributed by atoms with Crippen molar-refractivity contribution in [1.82, 2.24) is 19.1 Å². The van der Waals surface area contributed by atoms with Gasteiger partial charge in [-0.2, -0.15) is 5.26 Å². The first kappa shape index (κ1) is 28.0. The molecule has 0 fully saturated rings. The highest BCUT2D eigenvalue weighted by molar-refractivity contribution is 6.17. The summed E-state index contributed by atoms with van der Waals surface area (Å²) in [7, 11) is 0. The number of fused-ring (bicyclic) bond motifs is 7. The van der Waals surface area contributed by atoms with E-state index in [1.807, 2.05) is 36.4 Å². The van der Waals surface area contributed by atoms with E-state index in [-0.39, 0.29) is 0 Å². The van der Waals surface area contributed by atoms with E-state index >= 15 is 0 Å². The Labute approximate surface area is 287 Å². The minimum Gasteiger partial charge on any atom is -0.309 e. The molecule has 0 N–H and O–H groups in total. The summed E-state index contributed by atoms with van der Waals surface area (Å²) in [5, 5.41) is 15.4. The van der Waals surface area contributed by atoms with E-state index in [1.165, 1.54) is 43.7 Å². The summed E-state index contributed by atoms with van der Waals surface area (Å²) in [5.41, 5.74) is 11.2. The van der Waals surface area contributed by atoms with E-state index in [0.717, 1.165) is 38.9 Å². The van der Waals surface area contributed by atoms with Gasteiger partial charge in [0, 0.05) is 43.9 Å². The normalized spacial score (nSPS) is 11.6. The van der Waals surface area contributed by atoms with Crippen molar-refractivity contribution in [2.45, 2.75) is 0 Å². The van der Waals surface area contributed by atoms with Gasteiger partial charge in [0.2, 0.25) is 0 Å². The van der Waals surface area contributed by atoms with Crippen LogP contribution in [0.15, 0.2) is 164 Å². The monoisotopic (exact) mass is 637 g/mol. The van der Waals surface area contributed by atoms with Crippen LogP contribution in [0.1, 0.15) is 5.69 Å². The Morgan fingerprint density at radius 1 is 0.440 bits per heavy atom. The van der Waals surface area contributed by atoms with Gasteiger partial charge in [0.25, 0.3) is 0 Å². The summed E-state index contributed by atoms with van der Waals surface area (Å²) in [6.07, 6.45) is 0. The zero-order valence-corrected chi connectivity index (χ0v) is 26.8. The second-order valence-corrected chi connectivity index (χ2v) is 12.5. The lowest BCUT2D eigenvalue weighted by molar-refractivity contribution is 1.17. The molecule has 7 aromatic carbocycles. The van der Waals surface area contributed by atoms with Crippen LogP contribution in [0.5, 0.6) is 0 Å². The molecule has 232 valence electrons. The summed E-state index contributed by atoms with van der Waals surface area (Å²) >= 11 is 0. The molecular weight excluding hydrogens is 611 g/mol.